The molecule has 2 fully saturated rings. The van der Waals surface area contributed by atoms with Crippen molar-refractivity contribution < 1.29 is 13.7 Å². The molecule has 2 atom stereocenters. The maximum atomic E-state index is 14.1. The number of nitrogens with one attached hydrogen (secondary N) is 1. The number of anilines is 1. The molecule has 3 rings (SSSR count). The number of piperidine rings is 1. The first-order valence-corrected chi connectivity index (χ1v) is 7.08. The molecule has 1 N–H and O–H groups in total. The summed E-state index contributed by atoms with van der Waals surface area (Å²) in [5.41, 5.74) is -0.631. The van der Waals surface area contributed by atoms with Gasteiger partial charge in [0, 0.05) is 31.2 Å². The summed E-state index contributed by atoms with van der Waals surface area (Å²) in [5.74, 6) is -2.20. The van der Waals surface area contributed by atoms with E-state index < -0.39 is 16.6 Å². The smallest absolute Gasteiger partial charge is 0.295 e. The van der Waals surface area contributed by atoms with E-state index in [-0.39, 0.29) is 17.4 Å². The Bertz CT molecular complexity index is 570. The SMILES string of the molecule is CN(c1c([N+](=O)[O-])ccc(F)c1F)C1CC2CCC(C1)N2. The molecule has 2 aliphatic heterocycles. The molecular formula is C14H17F2N3O2. The van der Waals surface area contributed by atoms with Gasteiger partial charge >= 0.3 is 0 Å². The molecule has 0 aliphatic carbocycles. The zero-order valence-corrected chi connectivity index (χ0v) is 11.7. The molecule has 0 saturated carbocycles. The van der Waals surface area contributed by atoms with E-state index in [0.717, 1.165) is 37.8 Å². The lowest BCUT2D eigenvalue weighted by molar-refractivity contribution is -0.384. The highest BCUT2D eigenvalue weighted by Gasteiger charge is 2.37. The van der Waals surface area contributed by atoms with Gasteiger partial charge in [0.15, 0.2) is 17.3 Å². The number of hydrogen-bond acceptors (Lipinski definition) is 4. The lowest BCUT2D eigenvalue weighted by Gasteiger charge is -2.36. The first kappa shape index (κ1) is 14.2. The molecule has 5 nitrogen and oxygen atoms in total. The Morgan fingerprint density at radius 2 is 1.90 bits per heavy atom. The Kier molecular flexibility index (Phi) is 3.52. The number of rotatable bonds is 3. The second kappa shape index (κ2) is 5.22. The number of nitrogens with zero attached hydrogens (tertiary/aromatic N) is 2. The van der Waals surface area contributed by atoms with Crippen molar-refractivity contribution >= 4 is 11.4 Å². The minimum absolute atomic E-state index is 0.0150. The third-order valence-corrected chi connectivity index (χ3v) is 4.59. The fourth-order valence-electron chi connectivity index (χ4n) is 3.54. The quantitative estimate of drug-likeness (QED) is 0.688. The topological polar surface area (TPSA) is 58.4 Å². The number of nitro groups is 1. The van der Waals surface area contributed by atoms with Crippen LogP contribution in [0, 0.1) is 21.7 Å². The Morgan fingerprint density at radius 1 is 1.29 bits per heavy atom. The van der Waals surface area contributed by atoms with Crippen molar-refractivity contribution in [3.63, 3.8) is 0 Å². The predicted octanol–water partition coefficient (Wildman–Crippen LogP) is 2.59. The average molecular weight is 297 g/mol. The van der Waals surface area contributed by atoms with E-state index in [0.29, 0.717) is 12.1 Å². The highest BCUT2D eigenvalue weighted by atomic mass is 19.2. The Morgan fingerprint density at radius 3 is 2.48 bits per heavy atom. The van der Waals surface area contributed by atoms with Crippen LogP contribution >= 0.6 is 0 Å². The molecule has 2 aliphatic rings. The van der Waals surface area contributed by atoms with Gasteiger partial charge in [-0.1, -0.05) is 0 Å². The summed E-state index contributed by atoms with van der Waals surface area (Å²) in [6, 6.07) is 2.55. The van der Waals surface area contributed by atoms with Crippen LogP contribution in [0.3, 0.4) is 0 Å². The second-order valence-electron chi connectivity index (χ2n) is 5.86. The summed E-state index contributed by atoms with van der Waals surface area (Å²) in [6.07, 6.45) is 3.73. The fraction of sp³-hybridized carbons (Fsp3) is 0.571. The highest BCUT2D eigenvalue weighted by Crippen LogP contribution is 2.37. The molecule has 114 valence electrons. The van der Waals surface area contributed by atoms with Gasteiger partial charge in [-0.3, -0.25) is 10.1 Å². The molecule has 21 heavy (non-hydrogen) atoms. The summed E-state index contributed by atoms with van der Waals surface area (Å²) >= 11 is 0. The van der Waals surface area contributed by atoms with E-state index in [1.807, 2.05) is 0 Å². The molecule has 2 unspecified atom stereocenters. The molecule has 0 radical (unpaired) electrons. The zero-order valence-electron chi connectivity index (χ0n) is 11.7. The van der Waals surface area contributed by atoms with Gasteiger partial charge < -0.3 is 10.2 Å². The van der Waals surface area contributed by atoms with Crippen molar-refractivity contribution in [2.45, 2.75) is 43.8 Å². The van der Waals surface area contributed by atoms with Crippen LogP contribution in [-0.4, -0.2) is 30.1 Å². The zero-order chi connectivity index (χ0) is 15.1. The summed E-state index contributed by atoms with van der Waals surface area (Å²) in [6.45, 7) is 0. The van der Waals surface area contributed by atoms with Crippen LogP contribution in [0.5, 0.6) is 0 Å². The van der Waals surface area contributed by atoms with E-state index in [4.69, 9.17) is 0 Å². The molecule has 2 heterocycles. The third kappa shape index (κ3) is 2.46. The van der Waals surface area contributed by atoms with Gasteiger partial charge in [-0.25, -0.2) is 8.78 Å². The number of fused-ring (bicyclic) bond motifs is 2. The first-order valence-electron chi connectivity index (χ1n) is 7.08. The van der Waals surface area contributed by atoms with E-state index in [1.54, 1.807) is 11.9 Å². The lowest BCUT2D eigenvalue weighted by atomic mass is 9.98. The van der Waals surface area contributed by atoms with Gasteiger partial charge in [-0.2, -0.15) is 0 Å². The molecule has 0 amide bonds. The minimum atomic E-state index is -1.14. The van der Waals surface area contributed by atoms with Gasteiger partial charge in [0.2, 0.25) is 0 Å². The first-order chi connectivity index (χ1) is 9.97. The van der Waals surface area contributed by atoms with Crippen LogP contribution in [0.4, 0.5) is 20.2 Å². The average Bonchev–Trinajstić information content (AvgIpc) is 2.79. The van der Waals surface area contributed by atoms with Gasteiger partial charge in [0.05, 0.1) is 4.92 Å². The molecule has 0 aromatic heterocycles. The van der Waals surface area contributed by atoms with Crippen molar-refractivity contribution in [3.8, 4) is 0 Å². The maximum Gasteiger partial charge on any atom is 0.295 e. The largest absolute Gasteiger partial charge is 0.363 e. The van der Waals surface area contributed by atoms with Gasteiger partial charge in [0.25, 0.3) is 5.69 Å². The van der Waals surface area contributed by atoms with Gasteiger partial charge in [-0.15, -0.1) is 0 Å². The van der Waals surface area contributed by atoms with Crippen LogP contribution in [0.1, 0.15) is 25.7 Å². The van der Waals surface area contributed by atoms with Crippen molar-refractivity contribution in [3.05, 3.63) is 33.9 Å². The van der Waals surface area contributed by atoms with E-state index in [9.17, 15) is 18.9 Å². The number of nitro benzene ring substituents is 1. The molecule has 0 spiro atoms. The fourth-order valence-corrected chi connectivity index (χ4v) is 3.54. The second-order valence-corrected chi connectivity index (χ2v) is 5.86. The van der Waals surface area contributed by atoms with Crippen LogP contribution in [0.25, 0.3) is 0 Å². The Hall–Kier alpha value is -1.76. The van der Waals surface area contributed by atoms with Crippen molar-refractivity contribution in [2.75, 3.05) is 11.9 Å². The molecule has 7 heteroatoms. The van der Waals surface area contributed by atoms with Crippen molar-refractivity contribution in [2.24, 2.45) is 0 Å². The van der Waals surface area contributed by atoms with Crippen molar-refractivity contribution in [1.82, 2.24) is 5.32 Å². The molecular weight excluding hydrogens is 280 g/mol. The van der Waals surface area contributed by atoms with E-state index >= 15 is 0 Å². The minimum Gasteiger partial charge on any atom is -0.363 e. The Balaban J connectivity index is 1.95. The number of benzene rings is 1. The maximum absolute atomic E-state index is 14.1. The molecule has 1 aromatic carbocycles. The predicted molar refractivity (Wildman–Crippen MR) is 74.4 cm³/mol. The molecule has 1 aromatic rings. The van der Waals surface area contributed by atoms with Crippen LogP contribution < -0.4 is 10.2 Å². The molecule has 2 bridgehead atoms. The van der Waals surface area contributed by atoms with E-state index in [2.05, 4.69) is 5.32 Å². The van der Waals surface area contributed by atoms with Gasteiger partial charge in [-0.05, 0) is 31.7 Å². The van der Waals surface area contributed by atoms with E-state index in [1.165, 1.54) is 0 Å². The van der Waals surface area contributed by atoms with Gasteiger partial charge in [0.1, 0.15) is 0 Å². The number of hydrogen-bond donors (Lipinski definition) is 1. The summed E-state index contributed by atoms with van der Waals surface area (Å²) < 4.78 is 27.6. The number of halogens is 2. The Labute approximate surface area is 121 Å². The summed E-state index contributed by atoms with van der Waals surface area (Å²) in [5, 5.41) is 14.6. The lowest BCUT2D eigenvalue weighted by Crippen LogP contribution is -2.47. The monoisotopic (exact) mass is 297 g/mol. The van der Waals surface area contributed by atoms with Crippen molar-refractivity contribution in [1.29, 1.82) is 0 Å². The standard InChI is InChI=1S/C14H17F2N3O2/c1-18(10-6-8-2-3-9(7-10)17-8)14-12(19(20)21)5-4-11(15)13(14)16/h4-5,8-10,17H,2-3,6-7H2,1H3. The molecule has 2 saturated heterocycles. The van der Waals surface area contributed by atoms with Crippen LogP contribution in [-0.2, 0) is 0 Å². The summed E-state index contributed by atoms with van der Waals surface area (Å²) in [4.78, 5) is 12.0. The normalized spacial score (nSPS) is 27.7. The third-order valence-electron chi connectivity index (χ3n) is 4.59. The summed E-state index contributed by atoms with van der Waals surface area (Å²) in [7, 11) is 1.61. The van der Waals surface area contributed by atoms with Crippen LogP contribution in [0.2, 0.25) is 0 Å². The van der Waals surface area contributed by atoms with Crippen LogP contribution in [0.15, 0.2) is 12.1 Å². The highest BCUT2D eigenvalue weighted by molar-refractivity contribution is 5.64.